The molecule has 1 fully saturated rings. The average Bonchev–Trinajstić information content (AvgIpc) is 2.81. The second kappa shape index (κ2) is 11.2. The van der Waals surface area contributed by atoms with Gasteiger partial charge in [0.15, 0.2) is 0 Å². The first-order valence-corrected chi connectivity index (χ1v) is 12.2. The maximum Gasteiger partial charge on any atom is 0.264 e. The molecule has 1 N–H and O–H groups in total. The van der Waals surface area contributed by atoms with Gasteiger partial charge in [0.2, 0.25) is 5.91 Å². The number of methoxy groups -OCH3 is 1. The third-order valence-electron chi connectivity index (χ3n) is 5.40. The van der Waals surface area contributed by atoms with Crippen molar-refractivity contribution in [3.05, 3.63) is 54.6 Å². The number of rotatable bonds is 10. The summed E-state index contributed by atoms with van der Waals surface area (Å²) in [6.45, 7) is 3.43. The van der Waals surface area contributed by atoms with Crippen LogP contribution in [0.4, 0.5) is 5.69 Å². The highest BCUT2D eigenvalue weighted by Gasteiger charge is 2.27. The van der Waals surface area contributed by atoms with Crippen LogP contribution in [0.25, 0.3) is 0 Å². The maximum absolute atomic E-state index is 13.3. The van der Waals surface area contributed by atoms with Gasteiger partial charge in [-0.3, -0.25) is 9.10 Å². The fourth-order valence-electron chi connectivity index (χ4n) is 3.68. The molecule has 1 aliphatic rings. The summed E-state index contributed by atoms with van der Waals surface area (Å²) >= 11 is 0. The third kappa shape index (κ3) is 6.45. The molecule has 0 radical (unpaired) electrons. The number of nitrogens with zero attached hydrogens (tertiary/aromatic N) is 2. The summed E-state index contributed by atoms with van der Waals surface area (Å²) in [7, 11) is -2.35. The number of piperidine rings is 1. The molecule has 0 atom stereocenters. The Morgan fingerprint density at radius 3 is 2.35 bits per heavy atom. The Bertz CT molecular complexity index is 927. The van der Waals surface area contributed by atoms with Crippen LogP contribution in [0.3, 0.4) is 0 Å². The predicted molar refractivity (Wildman–Crippen MR) is 122 cm³/mol. The lowest BCUT2D eigenvalue weighted by atomic mass is 10.1. The number of hydrogen-bond acceptors (Lipinski definition) is 5. The van der Waals surface area contributed by atoms with Gasteiger partial charge >= 0.3 is 0 Å². The molecule has 0 spiro atoms. The molecule has 0 unspecified atom stereocenters. The minimum absolute atomic E-state index is 0.142. The topological polar surface area (TPSA) is 79.0 Å². The van der Waals surface area contributed by atoms with Crippen molar-refractivity contribution in [3.8, 4) is 5.75 Å². The zero-order valence-corrected chi connectivity index (χ0v) is 18.8. The summed E-state index contributed by atoms with van der Waals surface area (Å²) in [5, 5.41) is 2.87. The van der Waals surface area contributed by atoms with Crippen LogP contribution in [0.1, 0.15) is 25.7 Å². The second-order valence-corrected chi connectivity index (χ2v) is 9.49. The fourth-order valence-corrected chi connectivity index (χ4v) is 5.13. The molecule has 1 saturated heterocycles. The number of carbonyl (C=O) groups is 1. The van der Waals surface area contributed by atoms with E-state index in [1.54, 1.807) is 49.6 Å². The van der Waals surface area contributed by atoms with Gasteiger partial charge < -0.3 is 15.0 Å². The number of benzene rings is 2. The Hall–Kier alpha value is -2.58. The Morgan fingerprint density at radius 1 is 1.03 bits per heavy atom. The normalized spacial score (nSPS) is 14.7. The van der Waals surface area contributed by atoms with E-state index < -0.39 is 10.0 Å². The number of ether oxygens (including phenoxy) is 1. The number of likely N-dealkylation sites (tertiary alicyclic amines) is 1. The van der Waals surface area contributed by atoms with Crippen LogP contribution in [-0.2, 0) is 14.8 Å². The van der Waals surface area contributed by atoms with Crippen LogP contribution in [0, 0.1) is 0 Å². The van der Waals surface area contributed by atoms with Crippen molar-refractivity contribution in [1.29, 1.82) is 0 Å². The summed E-state index contributed by atoms with van der Waals surface area (Å²) in [4.78, 5) is 15.2. The molecule has 1 amide bonds. The summed E-state index contributed by atoms with van der Waals surface area (Å²) in [6.07, 6.45) is 4.62. The zero-order valence-electron chi connectivity index (χ0n) is 18.0. The first-order valence-electron chi connectivity index (χ1n) is 10.7. The highest BCUT2D eigenvalue weighted by molar-refractivity contribution is 7.92. The summed E-state index contributed by atoms with van der Waals surface area (Å²) in [6, 6.07) is 14.8. The molecule has 3 rings (SSSR count). The fraction of sp³-hybridized carbons (Fsp3) is 0.435. The van der Waals surface area contributed by atoms with E-state index >= 15 is 0 Å². The van der Waals surface area contributed by atoms with Gasteiger partial charge in [-0.05, 0) is 75.3 Å². The van der Waals surface area contributed by atoms with Gasteiger partial charge in [0.05, 0.1) is 17.7 Å². The van der Waals surface area contributed by atoms with Crippen LogP contribution in [0.5, 0.6) is 5.75 Å². The van der Waals surface area contributed by atoms with Gasteiger partial charge in [-0.25, -0.2) is 8.42 Å². The molecule has 168 valence electrons. The minimum Gasteiger partial charge on any atom is -0.497 e. The molecular formula is C23H31N3O4S. The van der Waals surface area contributed by atoms with E-state index in [1.807, 2.05) is 0 Å². The van der Waals surface area contributed by atoms with Crippen molar-refractivity contribution in [2.75, 3.05) is 44.1 Å². The predicted octanol–water partition coefficient (Wildman–Crippen LogP) is 2.88. The highest BCUT2D eigenvalue weighted by atomic mass is 32.2. The van der Waals surface area contributed by atoms with Crippen molar-refractivity contribution < 1.29 is 17.9 Å². The molecule has 7 nitrogen and oxygen atoms in total. The van der Waals surface area contributed by atoms with E-state index in [-0.39, 0.29) is 17.3 Å². The standard InChI is InChI=1S/C23H31N3O4S/c1-30-21-13-11-20(12-14-21)26(31(28,29)22-9-4-2-5-10-22)19-23(27)24-15-8-18-25-16-6-3-7-17-25/h2,4-5,9-14H,3,6-8,15-19H2,1H3,(H,24,27). The number of nitrogens with one attached hydrogen (secondary N) is 1. The van der Waals surface area contributed by atoms with Crippen LogP contribution < -0.4 is 14.4 Å². The summed E-state index contributed by atoms with van der Waals surface area (Å²) in [5.74, 6) is 0.289. The summed E-state index contributed by atoms with van der Waals surface area (Å²) in [5.41, 5.74) is 0.410. The number of amides is 1. The van der Waals surface area contributed by atoms with Crippen molar-refractivity contribution in [2.45, 2.75) is 30.6 Å². The van der Waals surface area contributed by atoms with Crippen molar-refractivity contribution in [1.82, 2.24) is 10.2 Å². The molecule has 31 heavy (non-hydrogen) atoms. The lowest BCUT2D eigenvalue weighted by Crippen LogP contribution is -2.41. The zero-order chi connectivity index (χ0) is 22.1. The number of anilines is 1. The number of sulfonamides is 1. The molecule has 0 bridgehead atoms. The molecular weight excluding hydrogens is 414 g/mol. The van der Waals surface area contributed by atoms with Crippen molar-refractivity contribution in [3.63, 3.8) is 0 Å². The Balaban J connectivity index is 1.66. The van der Waals surface area contributed by atoms with E-state index in [4.69, 9.17) is 4.74 Å². The van der Waals surface area contributed by atoms with E-state index in [9.17, 15) is 13.2 Å². The average molecular weight is 446 g/mol. The Kier molecular flexibility index (Phi) is 8.31. The van der Waals surface area contributed by atoms with E-state index in [2.05, 4.69) is 10.2 Å². The van der Waals surface area contributed by atoms with Gasteiger partial charge in [0.1, 0.15) is 12.3 Å². The minimum atomic E-state index is -3.89. The van der Waals surface area contributed by atoms with Gasteiger partial charge in [0, 0.05) is 6.54 Å². The molecule has 8 heteroatoms. The Labute approximate surface area is 185 Å². The molecule has 0 aromatic heterocycles. The molecule has 0 aliphatic carbocycles. The largest absolute Gasteiger partial charge is 0.497 e. The molecule has 2 aromatic carbocycles. The lowest BCUT2D eigenvalue weighted by Gasteiger charge is -2.26. The number of hydrogen-bond donors (Lipinski definition) is 1. The van der Waals surface area contributed by atoms with Crippen molar-refractivity contribution in [2.24, 2.45) is 0 Å². The van der Waals surface area contributed by atoms with E-state index in [0.29, 0.717) is 18.0 Å². The van der Waals surface area contributed by atoms with Gasteiger partial charge in [-0.15, -0.1) is 0 Å². The van der Waals surface area contributed by atoms with Gasteiger partial charge in [-0.2, -0.15) is 0 Å². The third-order valence-corrected chi connectivity index (χ3v) is 7.19. The molecule has 1 aliphatic heterocycles. The SMILES string of the molecule is COc1ccc(N(CC(=O)NCCCN2CCCCC2)S(=O)(=O)c2ccccc2)cc1. The van der Waals surface area contributed by atoms with Crippen LogP contribution in [0.15, 0.2) is 59.5 Å². The van der Waals surface area contributed by atoms with Crippen molar-refractivity contribution >= 4 is 21.6 Å². The van der Waals surface area contributed by atoms with Crippen LogP contribution in [0.2, 0.25) is 0 Å². The maximum atomic E-state index is 13.3. The monoisotopic (exact) mass is 445 g/mol. The molecule has 2 aromatic rings. The second-order valence-electron chi connectivity index (χ2n) is 7.63. The highest BCUT2D eigenvalue weighted by Crippen LogP contribution is 2.25. The molecule has 1 heterocycles. The van der Waals surface area contributed by atoms with Gasteiger partial charge in [0.25, 0.3) is 10.0 Å². The van der Waals surface area contributed by atoms with E-state index in [0.717, 1.165) is 30.4 Å². The van der Waals surface area contributed by atoms with E-state index in [1.165, 1.54) is 31.4 Å². The quantitative estimate of drug-likeness (QED) is 0.569. The molecule has 0 saturated carbocycles. The van der Waals surface area contributed by atoms with Crippen LogP contribution in [-0.4, -0.2) is 59.1 Å². The smallest absolute Gasteiger partial charge is 0.264 e. The first kappa shape index (κ1) is 23.1. The van der Waals surface area contributed by atoms with Gasteiger partial charge in [-0.1, -0.05) is 24.6 Å². The summed E-state index contributed by atoms with van der Waals surface area (Å²) < 4.78 is 32.8. The number of carbonyl (C=O) groups excluding carboxylic acids is 1. The first-order chi connectivity index (χ1) is 15.0. The van der Waals surface area contributed by atoms with Crippen LogP contribution >= 0.6 is 0 Å². The Morgan fingerprint density at radius 2 is 1.71 bits per heavy atom. The lowest BCUT2D eigenvalue weighted by molar-refractivity contribution is -0.119.